The monoisotopic (exact) mass is 433 g/mol. The van der Waals surface area contributed by atoms with Crippen LogP contribution >= 0.6 is 23.2 Å². The number of nitrogens with one attached hydrogen (secondary N) is 1. The van der Waals surface area contributed by atoms with Gasteiger partial charge in [-0.2, -0.15) is 0 Å². The summed E-state index contributed by atoms with van der Waals surface area (Å²) in [5, 5.41) is 2.62. The zero-order valence-electron chi connectivity index (χ0n) is 14.0. The number of benzene rings is 1. The molecule has 2 heterocycles. The molecule has 0 spiro atoms. The molecule has 3 rings (SSSR count). The molecule has 2 aromatic rings. The van der Waals surface area contributed by atoms with Crippen LogP contribution in [-0.4, -0.2) is 35.7 Å². The van der Waals surface area contributed by atoms with Crippen LogP contribution in [0.1, 0.15) is 16.8 Å². The lowest BCUT2D eigenvalue weighted by molar-refractivity contribution is -0.274. The van der Waals surface area contributed by atoms with Gasteiger partial charge in [-0.05, 0) is 30.7 Å². The number of carbonyl (C=O) groups is 2. The first-order valence-corrected chi connectivity index (χ1v) is 8.69. The third-order valence-electron chi connectivity index (χ3n) is 3.90. The molecule has 0 aliphatic carbocycles. The molecule has 1 aromatic heterocycles. The summed E-state index contributed by atoms with van der Waals surface area (Å²) in [7, 11) is 0. The number of ether oxygens (including phenoxy) is 1. The second-order valence-electron chi connectivity index (χ2n) is 5.85. The van der Waals surface area contributed by atoms with Gasteiger partial charge in [0.05, 0.1) is 0 Å². The SMILES string of the molecule is O=C(NC1CCN(c2cccc(OC(F)(F)F)c2)C1=O)c1cc(Cl)nc(Cl)c1. The molecule has 1 atom stereocenters. The summed E-state index contributed by atoms with van der Waals surface area (Å²) in [6.45, 7) is 0.219. The maximum atomic E-state index is 12.6. The summed E-state index contributed by atoms with van der Waals surface area (Å²) in [5.74, 6) is -1.46. The molecule has 1 unspecified atom stereocenters. The smallest absolute Gasteiger partial charge is 0.406 e. The fraction of sp³-hybridized carbons (Fsp3) is 0.235. The number of rotatable bonds is 4. The average Bonchev–Trinajstić information content (AvgIpc) is 2.93. The van der Waals surface area contributed by atoms with Crippen LogP contribution in [0, 0.1) is 0 Å². The van der Waals surface area contributed by atoms with Crippen molar-refractivity contribution in [2.45, 2.75) is 18.8 Å². The molecular formula is C17H12Cl2F3N3O3. The first-order valence-electron chi connectivity index (χ1n) is 7.93. The maximum absolute atomic E-state index is 12.6. The van der Waals surface area contributed by atoms with E-state index < -0.39 is 30.0 Å². The molecule has 0 radical (unpaired) electrons. The van der Waals surface area contributed by atoms with Crippen molar-refractivity contribution in [1.29, 1.82) is 0 Å². The van der Waals surface area contributed by atoms with Gasteiger partial charge in [0.2, 0.25) is 5.91 Å². The summed E-state index contributed by atoms with van der Waals surface area (Å²) in [6.07, 6.45) is -4.56. The molecule has 0 saturated carbocycles. The molecule has 1 saturated heterocycles. The standard InChI is InChI=1S/C17H12Cl2F3N3O3/c18-13-6-9(7-14(19)24-13)15(26)23-12-4-5-25(16(12)27)10-2-1-3-11(8-10)28-17(20,21)22/h1-3,6-8,12H,4-5H2,(H,23,26). The number of carbonyl (C=O) groups excluding carboxylic acids is 2. The van der Waals surface area contributed by atoms with E-state index in [0.29, 0.717) is 0 Å². The highest BCUT2D eigenvalue weighted by atomic mass is 35.5. The highest BCUT2D eigenvalue weighted by Crippen LogP contribution is 2.29. The van der Waals surface area contributed by atoms with E-state index in [-0.39, 0.29) is 34.5 Å². The highest BCUT2D eigenvalue weighted by Gasteiger charge is 2.35. The zero-order chi connectivity index (χ0) is 20.5. The summed E-state index contributed by atoms with van der Waals surface area (Å²) in [5.41, 5.74) is 0.371. The summed E-state index contributed by atoms with van der Waals surface area (Å²) < 4.78 is 41.0. The molecule has 0 bridgehead atoms. The van der Waals surface area contributed by atoms with Crippen LogP contribution in [-0.2, 0) is 4.79 Å². The Kier molecular flexibility index (Phi) is 5.66. The fourth-order valence-corrected chi connectivity index (χ4v) is 3.22. The average molecular weight is 434 g/mol. The maximum Gasteiger partial charge on any atom is 0.573 e. The summed E-state index contributed by atoms with van der Waals surface area (Å²) in [6, 6.07) is 6.83. The van der Waals surface area contributed by atoms with E-state index in [1.54, 1.807) is 0 Å². The summed E-state index contributed by atoms with van der Waals surface area (Å²) >= 11 is 11.5. The third kappa shape index (κ3) is 4.85. The van der Waals surface area contributed by atoms with Gasteiger partial charge in [0.1, 0.15) is 22.1 Å². The lowest BCUT2D eigenvalue weighted by atomic mass is 10.2. The largest absolute Gasteiger partial charge is 0.573 e. The van der Waals surface area contributed by atoms with E-state index in [9.17, 15) is 22.8 Å². The van der Waals surface area contributed by atoms with Crippen molar-refractivity contribution in [3.63, 3.8) is 0 Å². The van der Waals surface area contributed by atoms with Gasteiger partial charge in [-0.3, -0.25) is 9.59 Å². The van der Waals surface area contributed by atoms with Crippen molar-refractivity contribution >= 4 is 40.7 Å². The van der Waals surface area contributed by atoms with Gasteiger partial charge in [-0.1, -0.05) is 29.3 Å². The minimum absolute atomic E-state index is 0.0264. The Morgan fingerprint density at radius 2 is 1.89 bits per heavy atom. The van der Waals surface area contributed by atoms with Crippen LogP contribution in [0.25, 0.3) is 0 Å². The number of alkyl halides is 3. The minimum Gasteiger partial charge on any atom is -0.406 e. The van der Waals surface area contributed by atoms with Crippen molar-refractivity contribution in [3.8, 4) is 5.75 Å². The number of hydrogen-bond acceptors (Lipinski definition) is 4. The Labute approximate surface area is 167 Å². The van der Waals surface area contributed by atoms with Crippen LogP contribution in [0.5, 0.6) is 5.75 Å². The molecular weight excluding hydrogens is 422 g/mol. The molecule has 1 fully saturated rings. The normalized spacial score (nSPS) is 17.0. The van der Waals surface area contributed by atoms with Crippen molar-refractivity contribution in [2.24, 2.45) is 0 Å². The topological polar surface area (TPSA) is 71.5 Å². The molecule has 6 nitrogen and oxygen atoms in total. The molecule has 1 aliphatic rings. The van der Waals surface area contributed by atoms with E-state index in [2.05, 4.69) is 15.0 Å². The van der Waals surface area contributed by atoms with Crippen molar-refractivity contribution in [1.82, 2.24) is 10.3 Å². The van der Waals surface area contributed by atoms with E-state index in [1.165, 1.54) is 29.2 Å². The predicted octanol–water partition coefficient (Wildman–Crippen LogP) is 3.82. The Bertz CT molecular complexity index is 904. The number of amides is 2. The van der Waals surface area contributed by atoms with Crippen LogP contribution in [0.3, 0.4) is 0 Å². The number of aromatic nitrogens is 1. The van der Waals surface area contributed by atoms with Gasteiger partial charge in [-0.15, -0.1) is 13.2 Å². The van der Waals surface area contributed by atoms with Crippen LogP contribution in [0.15, 0.2) is 36.4 Å². The van der Waals surface area contributed by atoms with Crippen LogP contribution < -0.4 is 15.0 Å². The van der Waals surface area contributed by atoms with E-state index in [1.807, 2.05) is 0 Å². The Balaban J connectivity index is 1.71. The van der Waals surface area contributed by atoms with E-state index in [4.69, 9.17) is 23.2 Å². The minimum atomic E-state index is -4.84. The van der Waals surface area contributed by atoms with Crippen LogP contribution in [0.4, 0.5) is 18.9 Å². The number of hydrogen-bond donors (Lipinski definition) is 1. The molecule has 148 valence electrons. The second-order valence-corrected chi connectivity index (χ2v) is 6.63. The molecule has 1 aliphatic heterocycles. The van der Waals surface area contributed by atoms with E-state index >= 15 is 0 Å². The Morgan fingerprint density at radius 3 is 2.54 bits per heavy atom. The third-order valence-corrected chi connectivity index (χ3v) is 4.29. The quantitative estimate of drug-likeness (QED) is 0.743. The van der Waals surface area contributed by atoms with Gasteiger partial charge < -0.3 is 15.0 Å². The fourth-order valence-electron chi connectivity index (χ4n) is 2.76. The van der Waals surface area contributed by atoms with Gasteiger partial charge in [0.15, 0.2) is 0 Å². The van der Waals surface area contributed by atoms with E-state index in [0.717, 1.165) is 12.1 Å². The summed E-state index contributed by atoms with van der Waals surface area (Å²) in [4.78, 5) is 29.9. The lowest BCUT2D eigenvalue weighted by Gasteiger charge is -2.18. The lowest BCUT2D eigenvalue weighted by Crippen LogP contribution is -2.41. The number of pyridine rings is 1. The molecule has 1 N–H and O–H groups in total. The molecule has 11 heteroatoms. The molecule has 1 aromatic carbocycles. The highest BCUT2D eigenvalue weighted by molar-refractivity contribution is 6.33. The Hall–Kier alpha value is -2.52. The molecule has 2 amide bonds. The Morgan fingerprint density at radius 1 is 1.21 bits per heavy atom. The second kappa shape index (κ2) is 7.84. The number of nitrogens with zero attached hydrogens (tertiary/aromatic N) is 2. The van der Waals surface area contributed by atoms with Crippen molar-refractivity contribution in [2.75, 3.05) is 11.4 Å². The first-order chi connectivity index (χ1) is 13.1. The van der Waals surface area contributed by atoms with Gasteiger partial charge in [0, 0.05) is 23.9 Å². The molecule has 28 heavy (non-hydrogen) atoms. The predicted molar refractivity (Wildman–Crippen MR) is 95.6 cm³/mol. The number of halogens is 5. The van der Waals surface area contributed by atoms with Gasteiger partial charge >= 0.3 is 6.36 Å². The van der Waals surface area contributed by atoms with Gasteiger partial charge in [0.25, 0.3) is 5.91 Å². The van der Waals surface area contributed by atoms with Gasteiger partial charge in [-0.25, -0.2) is 4.98 Å². The number of anilines is 1. The first kappa shape index (κ1) is 20.2. The van der Waals surface area contributed by atoms with Crippen molar-refractivity contribution < 1.29 is 27.5 Å². The van der Waals surface area contributed by atoms with Crippen LogP contribution in [0.2, 0.25) is 10.3 Å². The van der Waals surface area contributed by atoms with Crippen molar-refractivity contribution in [3.05, 3.63) is 52.3 Å². The zero-order valence-corrected chi connectivity index (χ0v) is 15.5.